The molecule has 0 aliphatic carbocycles. The van der Waals surface area contributed by atoms with Crippen molar-refractivity contribution < 1.29 is 0 Å². The lowest BCUT2D eigenvalue weighted by Crippen LogP contribution is -2.42. The molecule has 94 valence electrons. The Morgan fingerprint density at radius 3 is 2.41 bits per heavy atom. The maximum Gasteiger partial charge on any atom is 0.0234 e. The zero-order chi connectivity index (χ0) is 12.1. The second kappa shape index (κ2) is 6.18. The van der Waals surface area contributed by atoms with E-state index in [9.17, 15) is 0 Å². The van der Waals surface area contributed by atoms with Crippen LogP contribution in [0.5, 0.6) is 0 Å². The van der Waals surface area contributed by atoms with E-state index in [2.05, 4.69) is 48.3 Å². The smallest absolute Gasteiger partial charge is 0.0234 e. The minimum Gasteiger partial charge on any atom is -0.314 e. The van der Waals surface area contributed by atoms with Gasteiger partial charge in [-0.05, 0) is 23.5 Å². The molecule has 1 aromatic carbocycles. The molecular formula is C15H24N2. The lowest BCUT2D eigenvalue weighted by molar-refractivity contribution is 0.233. The fourth-order valence-corrected chi connectivity index (χ4v) is 2.31. The number of benzene rings is 1. The summed E-state index contributed by atoms with van der Waals surface area (Å²) in [5.41, 5.74) is 2.91. The Balaban J connectivity index is 1.93. The summed E-state index contributed by atoms with van der Waals surface area (Å²) in [6.45, 7) is 10.3. The van der Waals surface area contributed by atoms with Crippen LogP contribution in [0.2, 0.25) is 0 Å². The summed E-state index contributed by atoms with van der Waals surface area (Å²) in [6, 6.07) is 9.18. The topological polar surface area (TPSA) is 15.3 Å². The van der Waals surface area contributed by atoms with Crippen LogP contribution in [0.3, 0.4) is 0 Å². The molecule has 1 N–H and O–H groups in total. The van der Waals surface area contributed by atoms with Crippen molar-refractivity contribution in [2.75, 3.05) is 26.2 Å². The van der Waals surface area contributed by atoms with Gasteiger partial charge in [0.15, 0.2) is 0 Å². The molecule has 1 fully saturated rings. The third kappa shape index (κ3) is 3.55. The van der Waals surface area contributed by atoms with Gasteiger partial charge in [0.05, 0.1) is 0 Å². The Kier molecular flexibility index (Phi) is 4.57. The molecule has 0 bridgehead atoms. The SMILES string of the molecule is CCC(C)c1ccc(CN2CCNCC2)cc1. The lowest BCUT2D eigenvalue weighted by Gasteiger charge is -2.27. The molecule has 1 saturated heterocycles. The highest BCUT2D eigenvalue weighted by Crippen LogP contribution is 2.19. The van der Waals surface area contributed by atoms with E-state index in [0.29, 0.717) is 5.92 Å². The lowest BCUT2D eigenvalue weighted by atomic mass is 9.97. The van der Waals surface area contributed by atoms with E-state index < -0.39 is 0 Å². The highest BCUT2D eigenvalue weighted by Gasteiger charge is 2.10. The van der Waals surface area contributed by atoms with Crippen LogP contribution in [0.25, 0.3) is 0 Å². The molecule has 1 aliphatic heterocycles. The zero-order valence-corrected chi connectivity index (χ0v) is 11.1. The average Bonchev–Trinajstić information content (AvgIpc) is 2.40. The minimum absolute atomic E-state index is 0.684. The first-order chi connectivity index (χ1) is 8.29. The van der Waals surface area contributed by atoms with Crippen molar-refractivity contribution >= 4 is 0 Å². The number of hydrogen-bond acceptors (Lipinski definition) is 2. The number of nitrogens with one attached hydrogen (secondary N) is 1. The van der Waals surface area contributed by atoms with Crippen LogP contribution in [0, 0.1) is 0 Å². The standard InChI is InChI=1S/C15H24N2/c1-3-13(2)15-6-4-14(5-7-15)12-17-10-8-16-9-11-17/h4-7,13,16H,3,8-12H2,1-2H3. The van der Waals surface area contributed by atoms with Gasteiger partial charge in [-0.25, -0.2) is 0 Å². The Labute approximate surface area is 105 Å². The first kappa shape index (κ1) is 12.6. The summed E-state index contributed by atoms with van der Waals surface area (Å²) >= 11 is 0. The molecule has 0 amide bonds. The van der Waals surface area contributed by atoms with Crippen LogP contribution in [-0.2, 0) is 6.54 Å². The predicted molar refractivity (Wildman–Crippen MR) is 73.3 cm³/mol. The highest BCUT2D eigenvalue weighted by atomic mass is 15.2. The molecule has 1 aromatic rings. The summed E-state index contributed by atoms with van der Waals surface area (Å²) in [4.78, 5) is 2.52. The van der Waals surface area contributed by atoms with Crippen LogP contribution in [-0.4, -0.2) is 31.1 Å². The van der Waals surface area contributed by atoms with E-state index in [0.717, 1.165) is 19.6 Å². The molecule has 0 radical (unpaired) electrons. The summed E-state index contributed by atoms with van der Waals surface area (Å²) in [7, 11) is 0. The zero-order valence-electron chi connectivity index (χ0n) is 11.1. The fourth-order valence-electron chi connectivity index (χ4n) is 2.31. The van der Waals surface area contributed by atoms with E-state index in [1.165, 1.54) is 30.6 Å². The highest BCUT2D eigenvalue weighted by molar-refractivity contribution is 5.25. The van der Waals surface area contributed by atoms with Crippen LogP contribution in [0.4, 0.5) is 0 Å². The summed E-state index contributed by atoms with van der Waals surface area (Å²) in [6.07, 6.45) is 1.22. The second-order valence-corrected chi connectivity index (χ2v) is 5.08. The third-order valence-corrected chi connectivity index (χ3v) is 3.78. The maximum absolute atomic E-state index is 3.39. The van der Waals surface area contributed by atoms with Gasteiger partial charge in [-0.2, -0.15) is 0 Å². The quantitative estimate of drug-likeness (QED) is 0.858. The Morgan fingerprint density at radius 1 is 1.18 bits per heavy atom. The number of nitrogens with zero attached hydrogens (tertiary/aromatic N) is 1. The number of piperazine rings is 1. The normalized spacial score (nSPS) is 19.2. The largest absolute Gasteiger partial charge is 0.314 e. The Bertz CT molecular complexity index is 325. The van der Waals surface area contributed by atoms with Gasteiger partial charge in [-0.15, -0.1) is 0 Å². The van der Waals surface area contributed by atoms with Gasteiger partial charge in [0, 0.05) is 32.7 Å². The van der Waals surface area contributed by atoms with E-state index >= 15 is 0 Å². The first-order valence-corrected chi connectivity index (χ1v) is 6.81. The number of hydrogen-bond donors (Lipinski definition) is 1. The van der Waals surface area contributed by atoms with Gasteiger partial charge < -0.3 is 5.32 Å². The second-order valence-electron chi connectivity index (χ2n) is 5.08. The predicted octanol–water partition coefficient (Wildman–Crippen LogP) is 2.61. The van der Waals surface area contributed by atoms with E-state index in [-0.39, 0.29) is 0 Å². The van der Waals surface area contributed by atoms with Gasteiger partial charge in [0.25, 0.3) is 0 Å². The van der Waals surface area contributed by atoms with Crippen LogP contribution >= 0.6 is 0 Å². The van der Waals surface area contributed by atoms with Gasteiger partial charge in [0.1, 0.15) is 0 Å². The van der Waals surface area contributed by atoms with Gasteiger partial charge in [0.2, 0.25) is 0 Å². The van der Waals surface area contributed by atoms with Crippen molar-refractivity contribution in [2.24, 2.45) is 0 Å². The maximum atomic E-state index is 3.39. The van der Waals surface area contributed by atoms with Crippen LogP contribution in [0.15, 0.2) is 24.3 Å². The van der Waals surface area contributed by atoms with Crippen molar-refractivity contribution in [3.63, 3.8) is 0 Å². The van der Waals surface area contributed by atoms with Crippen LogP contribution in [0.1, 0.15) is 37.3 Å². The Hall–Kier alpha value is -0.860. The van der Waals surface area contributed by atoms with Gasteiger partial charge in [-0.1, -0.05) is 38.1 Å². The van der Waals surface area contributed by atoms with Gasteiger partial charge in [-0.3, -0.25) is 4.90 Å². The number of rotatable bonds is 4. The summed E-state index contributed by atoms with van der Waals surface area (Å²) in [5, 5.41) is 3.39. The van der Waals surface area contributed by atoms with Crippen molar-refractivity contribution in [2.45, 2.75) is 32.7 Å². The fraction of sp³-hybridized carbons (Fsp3) is 0.600. The van der Waals surface area contributed by atoms with E-state index in [1.54, 1.807) is 0 Å². The van der Waals surface area contributed by atoms with Crippen molar-refractivity contribution in [1.82, 2.24) is 10.2 Å². The molecule has 2 nitrogen and oxygen atoms in total. The molecule has 1 unspecified atom stereocenters. The van der Waals surface area contributed by atoms with E-state index in [1.807, 2.05) is 0 Å². The molecule has 2 rings (SSSR count). The molecule has 0 aromatic heterocycles. The van der Waals surface area contributed by atoms with Crippen molar-refractivity contribution in [1.29, 1.82) is 0 Å². The summed E-state index contributed by atoms with van der Waals surface area (Å²) in [5.74, 6) is 0.684. The molecule has 1 aliphatic rings. The molecular weight excluding hydrogens is 208 g/mol. The molecule has 1 heterocycles. The minimum atomic E-state index is 0.684. The van der Waals surface area contributed by atoms with Crippen molar-refractivity contribution in [3.8, 4) is 0 Å². The molecule has 17 heavy (non-hydrogen) atoms. The molecule has 1 atom stereocenters. The van der Waals surface area contributed by atoms with Crippen molar-refractivity contribution in [3.05, 3.63) is 35.4 Å². The molecule has 2 heteroatoms. The molecule has 0 spiro atoms. The Morgan fingerprint density at radius 2 is 1.82 bits per heavy atom. The third-order valence-electron chi connectivity index (χ3n) is 3.78. The van der Waals surface area contributed by atoms with E-state index in [4.69, 9.17) is 0 Å². The first-order valence-electron chi connectivity index (χ1n) is 6.81. The monoisotopic (exact) mass is 232 g/mol. The van der Waals surface area contributed by atoms with Crippen LogP contribution < -0.4 is 5.32 Å². The van der Waals surface area contributed by atoms with Gasteiger partial charge >= 0.3 is 0 Å². The summed E-state index contributed by atoms with van der Waals surface area (Å²) < 4.78 is 0. The average molecular weight is 232 g/mol. The molecule has 0 saturated carbocycles.